The lowest BCUT2D eigenvalue weighted by molar-refractivity contribution is 1.17. The zero-order chi connectivity index (χ0) is 33.5. The van der Waals surface area contributed by atoms with Crippen LogP contribution in [0.15, 0.2) is 188 Å². The van der Waals surface area contributed by atoms with E-state index in [1.165, 1.54) is 82.2 Å². The van der Waals surface area contributed by atoms with E-state index in [1.807, 2.05) is 0 Å². The molecule has 238 valence electrons. The second kappa shape index (κ2) is 10.8. The largest absolute Gasteiger partial charge is 0.309 e. The highest BCUT2D eigenvalue weighted by molar-refractivity contribution is 6.26. The first-order valence-corrected chi connectivity index (χ1v) is 17.5. The Morgan fingerprint density at radius 1 is 0.235 bits per heavy atom. The van der Waals surface area contributed by atoms with E-state index < -0.39 is 0 Å². The summed E-state index contributed by atoms with van der Waals surface area (Å²) in [7, 11) is 0. The molecule has 0 amide bonds. The molecule has 0 fully saturated rings. The monoisotopic (exact) mass is 649 g/mol. The maximum atomic E-state index is 2.44. The molecule has 0 atom stereocenters. The topological polar surface area (TPSA) is 14.8 Å². The summed E-state index contributed by atoms with van der Waals surface area (Å²) < 4.78 is 7.23. The Bertz CT molecular complexity index is 3050. The van der Waals surface area contributed by atoms with Crippen LogP contribution in [0.4, 0.5) is 0 Å². The number of hydrogen-bond donors (Lipinski definition) is 0. The molecule has 3 heterocycles. The molecule has 11 rings (SSSR count). The van der Waals surface area contributed by atoms with Crippen molar-refractivity contribution in [3.05, 3.63) is 188 Å². The van der Waals surface area contributed by atoms with Gasteiger partial charge in [-0.15, -0.1) is 0 Å². The Labute approximate surface area is 294 Å². The molecule has 51 heavy (non-hydrogen) atoms. The first-order chi connectivity index (χ1) is 25.3. The molecular weight excluding hydrogens is 619 g/mol. The summed E-state index contributed by atoms with van der Waals surface area (Å²) >= 11 is 0. The number of aromatic nitrogens is 3. The van der Waals surface area contributed by atoms with Crippen molar-refractivity contribution in [3.8, 4) is 28.2 Å². The fourth-order valence-electron chi connectivity index (χ4n) is 8.44. The van der Waals surface area contributed by atoms with Gasteiger partial charge in [0.15, 0.2) is 0 Å². The third kappa shape index (κ3) is 4.06. The van der Waals surface area contributed by atoms with Gasteiger partial charge in [0.1, 0.15) is 0 Å². The third-order valence-corrected chi connectivity index (χ3v) is 10.6. The highest BCUT2D eigenvalue weighted by Crippen LogP contribution is 2.42. The lowest BCUT2D eigenvalue weighted by atomic mass is 10.0. The SMILES string of the molecule is c1ccc(-n2c3ccccc3c3ccc4c(c5ccccc5n4-c4ccc(-c5ccc(-n6c7ccccc7c7ccccc76)cc5)cc4)c32)cc1. The van der Waals surface area contributed by atoms with Crippen molar-refractivity contribution >= 4 is 65.4 Å². The summed E-state index contributed by atoms with van der Waals surface area (Å²) in [5.41, 5.74) is 13.2. The van der Waals surface area contributed by atoms with E-state index in [-0.39, 0.29) is 0 Å². The van der Waals surface area contributed by atoms with Crippen LogP contribution in [-0.2, 0) is 0 Å². The normalized spacial score (nSPS) is 11.9. The molecule has 3 aromatic heterocycles. The smallest absolute Gasteiger partial charge is 0.0641 e. The van der Waals surface area contributed by atoms with Gasteiger partial charge in [0.25, 0.3) is 0 Å². The van der Waals surface area contributed by atoms with Crippen LogP contribution in [-0.4, -0.2) is 13.7 Å². The van der Waals surface area contributed by atoms with Crippen molar-refractivity contribution in [1.82, 2.24) is 13.7 Å². The first-order valence-electron chi connectivity index (χ1n) is 17.5. The van der Waals surface area contributed by atoms with Gasteiger partial charge in [-0.1, -0.05) is 121 Å². The molecule has 0 saturated heterocycles. The lowest BCUT2D eigenvalue weighted by Gasteiger charge is -2.11. The van der Waals surface area contributed by atoms with Crippen LogP contribution in [0.2, 0.25) is 0 Å². The zero-order valence-corrected chi connectivity index (χ0v) is 27.7. The Morgan fingerprint density at radius 3 is 1.18 bits per heavy atom. The molecule has 0 aliphatic heterocycles. The summed E-state index contributed by atoms with van der Waals surface area (Å²) in [6.45, 7) is 0. The van der Waals surface area contributed by atoms with Crippen LogP contribution in [0.25, 0.3) is 93.6 Å². The van der Waals surface area contributed by atoms with Crippen molar-refractivity contribution < 1.29 is 0 Å². The maximum absolute atomic E-state index is 2.44. The van der Waals surface area contributed by atoms with Gasteiger partial charge >= 0.3 is 0 Å². The molecule has 0 spiro atoms. The van der Waals surface area contributed by atoms with E-state index in [9.17, 15) is 0 Å². The quantitative estimate of drug-likeness (QED) is 0.180. The Balaban J connectivity index is 1.05. The fraction of sp³-hybridized carbons (Fsp3) is 0. The second-order valence-electron chi connectivity index (χ2n) is 13.4. The minimum atomic E-state index is 1.15. The van der Waals surface area contributed by atoms with Crippen LogP contribution in [0.1, 0.15) is 0 Å². The van der Waals surface area contributed by atoms with Gasteiger partial charge in [0.2, 0.25) is 0 Å². The number of hydrogen-bond acceptors (Lipinski definition) is 0. The molecule has 3 heteroatoms. The fourth-order valence-corrected chi connectivity index (χ4v) is 8.44. The van der Waals surface area contributed by atoms with Crippen LogP contribution in [0.5, 0.6) is 0 Å². The molecule has 11 aromatic rings. The van der Waals surface area contributed by atoms with E-state index in [2.05, 4.69) is 202 Å². The van der Waals surface area contributed by atoms with Crippen molar-refractivity contribution in [1.29, 1.82) is 0 Å². The average Bonchev–Trinajstić information content (AvgIpc) is 3.84. The highest BCUT2D eigenvalue weighted by Gasteiger charge is 2.20. The molecule has 3 nitrogen and oxygen atoms in total. The van der Waals surface area contributed by atoms with Crippen LogP contribution in [0.3, 0.4) is 0 Å². The molecule has 0 N–H and O–H groups in total. The lowest BCUT2D eigenvalue weighted by Crippen LogP contribution is -1.95. The van der Waals surface area contributed by atoms with Gasteiger partial charge in [-0.2, -0.15) is 0 Å². The summed E-state index contributed by atoms with van der Waals surface area (Å²) in [6, 6.07) is 68.3. The number of rotatable bonds is 4. The predicted molar refractivity (Wildman–Crippen MR) is 215 cm³/mol. The van der Waals surface area contributed by atoms with Crippen LogP contribution in [0, 0.1) is 0 Å². The van der Waals surface area contributed by atoms with E-state index >= 15 is 0 Å². The van der Waals surface area contributed by atoms with Gasteiger partial charge in [-0.25, -0.2) is 0 Å². The molecule has 0 saturated carbocycles. The van der Waals surface area contributed by atoms with Crippen LogP contribution < -0.4 is 0 Å². The van der Waals surface area contributed by atoms with Crippen molar-refractivity contribution in [2.45, 2.75) is 0 Å². The molecule has 8 aromatic carbocycles. The van der Waals surface area contributed by atoms with Gasteiger partial charge < -0.3 is 13.7 Å². The van der Waals surface area contributed by atoms with Gasteiger partial charge in [-0.05, 0) is 77.9 Å². The van der Waals surface area contributed by atoms with Gasteiger partial charge in [0.05, 0.1) is 33.1 Å². The first kappa shape index (κ1) is 28.0. The molecule has 0 bridgehead atoms. The molecule has 0 aliphatic rings. The number of nitrogens with zero attached hydrogens (tertiary/aromatic N) is 3. The summed E-state index contributed by atoms with van der Waals surface area (Å²) in [4.78, 5) is 0. The Kier molecular flexibility index (Phi) is 5.96. The average molecular weight is 650 g/mol. The zero-order valence-electron chi connectivity index (χ0n) is 27.7. The number of para-hydroxylation sites is 5. The van der Waals surface area contributed by atoms with E-state index in [4.69, 9.17) is 0 Å². The highest BCUT2D eigenvalue weighted by atomic mass is 15.0. The third-order valence-electron chi connectivity index (χ3n) is 10.6. The Hall–Kier alpha value is -6.84. The molecular formula is C48H31N3. The van der Waals surface area contributed by atoms with E-state index in [0.717, 1.165) is 11.4 Å². The number of benzene rings is 8. The van der Waals surface area contributed by atoms with Gasteiger partial charge in [-0.3, -0.25) is 0 Å². The standard InChI is InChI=1S/C48H31N3/c1-2-12-34(13-3-1)51-44-20-10-6-16-39(44)40-30-31-46-47(48(40)51)41-17-7-11-21-45(41)50(46)36-28-24-33(25-29-36)32-22-26-35(27-23-32)49-42-18-8-4-14-37(42)38-15-5-9-19-43(38)49/h1-31H. The van der Waals surface area contributed by atoms with Crippen LogP contribution >= 0.6 is 0 Å². The predicted octanol–water partition coefficient (Wildman–Crippen LogP) is 12.6. The summed E-state index contributed by atoms with van der Waals surface area (Å²) in [6.07, 6.45) is 0. The van der Waals surface area contributed by atoms with Crippen molar-refractivity contribution in [3.63, 3.8) is 0 Å². The second-order valence-corrected chi connectivity index (χ2v) is 13.4. The van der Waals surface area contributed by atoms with Crippen molar-refractivity contribution in [2.75, 3.05) is 0 Å². The minimum Gasteiger partial charge on any atom is -0.309 e. The van der Waals surface area contributed by atoms with Crippen molar-refractivity contribution in [2.24, 2.45) is 0 Å². The maximum Gasteiger partial charge on any atom is 0.0641 e. The van der Waals surface area contributed by atoms with E-state index in [1.54, 1.807) is 0 Å². The summed E-state index contributed by atoms with van der Waals surface area (Å²) in [5, 5.41) is 7.61. The minimum absolute atomic E-state index is 1.15. The van der Waals surface area contributed by atoms with E-state index in [0.29, 0.717) is 0 Å². The molecule has 0 aliphatic carbocycles. The number of fused-ring (bicyclic) bond motifs is 10. The van der Waals surface area contributed by atoms with Gasteiger partial charge in [0, 0.05) is 49.4 Å². The Morgan fingerprint density at radius 2 is 0.627 bits per heavy atom. The summed E-state index contributed by atoms with van der Waals surface area (Å²) in [5.74, 6) is 0. The molecule has 0 radical (unpaired) electrons. The molecule has 0 unspecified atom stereocenters.